The van der Waals surface area contributed by atoms with Gasteiger partial charge in [0.05, 0.1) is 30.3 Å². The third-order valence-electron chi connectivity index (χ3n) is 3.07. The van der Waals surface area contributed by atoms with E-state index in [1.165, 1.54) is 12.1 Å². The lowest BCUT2D eigenvalue weighted by Crippen LogP contribution is -2.42. The number of nitrogens with zero attached hydrogens (tertiary/aromatic N) is 3. The van der Waals surface area contributed by atoms with Gasteiger partial charge in [-0.15, -0.1) is 0 Å². The highest BCUT2D eigenvalue weighted by atomic mass is 16.6. The first-order valence-corrected chi connectivity index (χ1v) is 6.53. The molecule has 1 aliphatic rings. The van der Waals surface area contributed by atoms with Crippen molar-refractivity contribution in [3.63, 3.8) is 0 Å². The van der Waals surface area contributed by atoms with Crippen LogP contribution in [0.2, 0.25) is 0 Å². The van der Waals surface area contributed by atoms with Gasteiger partial charge in [0.25, 0.3) is 5.69 Å². The monoisotopic (exact) mass is 281 g/mol. The van der Waals surface area contributed by atoms with E-state index in [9.17, 15) is 10.1 Å². The van der Waals surface area contributed by atoms with Crippen LogP contribution in [0.5, 0.6) is 0 Å². The summed E-state index contributed by atoms with van der Waals surface area (Å²) in [6, 6.07) is 2.76. The normalized spacial score (nSPS) is 17.6. The number of ether oxygens (including phenoxy) is 1. The summed E-state index contributed by atoms with van der Waals surface area (Å²) in [4.78, 5) is 16.7. The van der Waals surface area contributed by atoms with Crippen molar-refractivity contribution in [2.45, 2.75) is 13.0 Å². The average Bonchev–Trinajstić information content (AvgIpc) is 2.38. The number of rotatable bonds is 5. The summed E-state index contributed by atoms with van der Waals surface area (Å²) in [6.45, 7) is 6.12. The number of hydrogen-bond donors (Lipinski definition) is 2. The molecule has 1 unspecified atom stereocenters. The second kappa shape index (κ2) is 6.49. The van der Waals surface area contributed by atoms with Crippen LogP contribution in [0.15, 0.2) is 12.1 Å². The van der Waals surface area contributed by atoms with E-state index in [-0.39, 0.29) is 17.5 Å². The van der Waals surface area contributed by atoms with E-state index in [4.69, 9.17) is 10.5 Å². The molecule has 0 amide bonds. The number of aromatic nitrogens is 1. The Labute approximate surface area is 117 Å². The maximum atomic E-state index is 10.8. The number of hydrogen-bond acceptors (Lipinski definition) is 7. The van der Waals surface area contributed by atoms with Gasteiger partial charge in [0, 0.05) is 25.7 Å². The van der Waals surface area contributed by atoms with E-state index >= 15 is 0 Å². The largest absolute Gasteiger partial charge is 0.383 e. The molecule has 110 valence electrons. The molecule has 8 heteroatoms. The number of nitrogen functional groups attached to an aromatic ring is 1. The van der Waals surface area contributed by atoms with Gasteiger partial charge in [-0.1, -0.05) is 0 Å². The number of nitro groups is 1. The number of nitrogens with one attached hydrogen (secondary N) is 1. The minimum absolute atomic E-state index is 0.0569. The Kier molecular flexibility index (Phi) is 4.70. The first kappa shape index (κ1) is 14.5. The molecule has 0 aliphatic carbocycles. The quantitative estimate of drug-likeness (QED) is 0.604. The Balaban J connectivity index is 1.96. The highest BCUT2D eigenvalue weighted by molar-refractivity contribution is 5.53. The number of morpholine rings is 1. The van der Waals surface area contributed by atoms with Crippen LogP contribution in [0.1, 0.15) is 6.92 Å². The van der Waals surface area contributed by atoms with E-state index in [1.54, 1.807) is 0 Å². The smallest absolute Gasteiger partial charge is 0.276 e. The first-order chi connectivity index (χ1) is 9.54. The van der Waals surface area contributed by atoms with E-state index < -0.39 is 4.92 Å². The molecule has 0 aromatic carbocycles. The molecule has 1 fully saturated rings. The number of nitrogens with two attached hydrogens (primary N) is 1. The van der Waals surface area contributed by atoms with Crippen molar-refractivity contribution in [3.05, 3.63) is 22.2 Å². The summed E-state index contributed by atoms with van der Waals surface area (Å²) in [5.41, 5.74) is 5.52. The van der Waals surface area contributed by atoms with Crippen molar-refractivity contribution in [1.82, 2.24) is 9.88 Å². The molecular formula is C12H19N5O3. The summed E-state index contributed by atoms with van der Waals surface area (Å²) in [6.07, 6.45) is 0. The maximum absolute atomic E-state index is 10.8. The van der Waals surface area contributed by atoms with E-state index in [2.05, 4.69) is 15.2 Å². The van der Waals surface area contributed by atoms with E-state index in [1.807, 2.05) is 6.92 Å². The summed E-state index contributed by atoms with van der Waals surface area (Å²) >= 11 is 0. The molecule has 0 saturated carbocycles. The highest BCUT2D eigenvalue weighted by Gasteiger charge is 2.15. The number of pyridine rings is 1. The summed E-state index contributed by atoms with van der Waals surface area (Å²) in [5.74, 6) is 0.567. The van der Waals surface area contributed by atoms with Crippen LogP contribution in [0.4, 0.5) is 17.3 Å². The fourth-order valence-corrected chi connectivity index (χ4v) is 2.19. The Morgan fingerprint density at radius 1 is 1.55 bits per heavy atom. The van der Waals surface area contributed by atoms with Crippen LogP contribution in [0, 0.1) is 10.1 Å². The van der Waals surface area contributed by atoms with Crippen LogP contribution in [-0.2, 0) is 4.74 Å². The molecule has 3 N–H and O–H groups in total. The lowest BCUT2D eigenvalue weighted by molar-refractivity contribution is -0.384. The zero-order chi connectivity index (χ0) is 14.5. The van der Waals surface area contributed by atoms with Gasteiger partial charge in [0.15, 0.2) is 0 Å². The third kappa shape index (κ3) is 4.04. The molecule has 20 heavy (non-hydrogen) atoms. The van der Waals surface area contributed by atoms with Crippen molar-refractivity contribution in [2.24, 2.45) is 0 Å². The van der Waals surface area contributed by atoms with Gasteiger partial charge in [-0.25, -0.2) is 4.98 Å². The minimum Gasteiger partial charge on any atom is -0.383 e. The molecular weight excluding hydrogens is 262 g/mol. The minimum atomic E-state index is -0.476. The fraction of sp³-hybridized carbons (Fsp3) is 0.583. The van der Waals surface area contributed by atoms with E-state index in [0.717, 1.165) is 32.8 Å². The molecule has 0 bridgehead atoms. The molecule has 1 aliphatic heterocycles. The SMILES string of the molecule is CC(CN1CCOCC1)Nc1cc([N+](=O)[O-])cc(N)n1. The molecule has 1 saturated heterocycles. The molecule has 2 rings (SSSR count). The van der Waals surface area contributed by atoms with Crippen LogP contribution < -0.4 is 11.1 Å². The molecule has 0 radical (unpaired) electrons. The van der Waals surface area contributed by atoms with Gasteiger partial charge in [0.1, 0.15) is 11.6 Å². The van der Waals surface area contributed by atoms with Crippen molar-refractivity contribution in [1.29, 1.82) is 0 Å². The van der Waals surface area contributed by atoms with Gasteiger partial charge in [-0.2, -0.15) is 0 Å². The molecule has 1 aromatic heterocycles. The summed E-state index contributed by atoms with van der Waals surface area (Å²) < 4.78 is 5.29. The molecule has 8 nitrogen and oxygen atoms in total. The van der Waals surface area contributed by atoms with E-state index in [0.29, 0.717) is 5.82 Å². The lowest BCUT2D eigenvalue weighted by Gasteiger charge is -2.29. The summed E-state index contributed by atoms with van der Waals surface area (Å²) in [7, 11) is 0. The molecule has 1 atom stereocenters. The van der Waals surface area contributed by atoms with Crippen molar-refractivity contribution >= 4 is 17.3 Å². The zero-order valence-electron chi connectivity index (χ0n) is 11.4. The second-order valence-corrected chi connectivity index (χ2v) is 4.85. The van der Waals surface area contributed by atoms with Crippen LogP contribution in [-0.4, -0.2) is 53.7 Å². The van der Waals surface area contributed by atoms with Gasteiger partial charge in [-0.3, -0.25) is 15.0 Å². The van der Waals surface area contributed by atoms with Gasteiger partial charge < -0.3 is 15.8 Å². The maximum Gasteiger partial charge on any atom is 0.276 e. The zero-order valence-corrected chi connectivity index (χ0v) is 11.4. The van der Waals surface area contributed by atoms with Gasteiger partial charge in [0.2, 0.25) is 0 Å². The lowest BCUT2D eigenvalue weighted by atomic mass is 10.2. The van der Waals surface area contributed by atoms with Crippen LogP contribution >= 0.6 is 0 Å². The molecule has 1 aromatic rings. The predicted molar refractivity (Wildman–Crippen MR) is 75.6 cm³/mol. The standard InChI is InChI=1S/C12H19N5O3/c1-9(8-16-2-4-20-5-3-16)14-12-7-10(17(18)19)6-11(13)15-12/h6-7,9H,2-5,8H2,1H3,(H3,13,14,15). The Hall–Kier alpha value is -1.93. The van der Waals surface area contributed by atoms with Crippen molar-refractivity contribution in [2.75, 3.05) is 43.9 Å². The second-order valence-electron chi connectivity index (χ2n) is 4.85. The molecule has 2 heterocycles. The van der Waals surface area contributed by atoms with Gasteiger partial charge >= 0.3 is 0 Å². The highest BCUT2D eigenvalue weighted by Crippen LogP contribution is 2.19. The Morgan fingerprint density at radius 2 is 2.25 bits per heavy atom. The molecule has 0 spiro atoms. The third-order valence-corrected chi connectivity index (χ3v) is 3.07. The van der Waals surface area contributed by atoms with Gasteiger partial charge in [-0.05, 0) is 6.92 Å². The Morgan fingerprint density at radius 3 is 2.90 bits per heavy atom. The Bertz CT molecular complexity index is 476. The van der Waals surface area contributed by atoms with Crippen LogP contribution in [0.3, 0.4) is 0 Å². The average molecular weight is 281 g/mol. The fourth-order valence-electron chi connectivity index (χ4n) is 2.19. The predicted octanol–water partition coefficient (Wildman–Crippen LogP) is 0.705. The van der Waals surface area contributed by atoms with Crippen LogP contribution in [0.25, 0.3) is 0 Å². The number of anilines is 2. The van der Waals surface area contributed by atoms with Crippen molar-refractivity contribution in [3.8, 4) is 0 Å². The first-order valence-electron chi connectivity index (χ1n) is 6.53. The summed E-state index contributed by atoms with van der Waals surface area (Å²) in [5, 5.41) is 13.9. The topological polar surface area (TPSA) is 107 Å². The van der Waals surface area contributed by atoms with Crippen molar-refractivity contribution < 1.29 is 9.66 Å².